The Bertz CT molecular complexity index is 905. The molecule has 0 saturated heterocycles. The van der Waals surface area contributed by atoms with Crippen LogP contribution in [-0.4, -0.2) is 22.7 Å². The Labute approximate surface area is 158 Å². The van der Waals surface area contributed by atoms with Gasteiger partial charge in [-0.15, -0.1) is 0 Å². The lowest BCUT2D eigenvalue weighted by molar-refractivity contribution is -0.116. The van der Waals surface area contributed by atoms with Crippen LogP contribution in [0.2, 0.25) is 0 Å². The third-order valence-electron chi connectivity index (χ3n) is 3.99. The van der Waals surface area contributed by atoms with Gasteiger partial charge in [-0.2, -0.15) is 4.98 Å². The molecular weight excluding hydrogens is 342 g/mol. The summed E-state index contributed by atoms with van der Waals surface area (Å²) in [6.07, 6.45) is 1.57. The molecule has 6 heteroatoms. The van der Waals surface area contributed by atoms with Crippen molar-refractivity contribution in [2.75, 3.05) is 11.9 Å². The number of amides is 1. The van der Waals surface area contributed by atoms with E-state index in [-0.39, 0.29) is 5.91 Å². The Morgan fingerprint density at radius 3 is 2.85 bits per heavy atom. The van der Waals surface area contributed by atoms with E-state index in [4.69, 9.17) is 9.26 Å². The molecule has 3 aromatic rings. The lowest BCUT2D eigenvalue weighted by atomic mass is 10.2. The molecule has 1 aromatic heterocycles. The maximum absolute atomic E-state index is 12.1. The van der Waals surface area contributed by atoms with E-state index >= 15 is 0 Å². The maximum atomic E-state index is 12.1. The van der Waals surface area contributed by atoms with Gasteiger partial charge in [0.1, 0.15) is 5.75 Å². The summed E-state index contributed by atoms with van der Waals surface area (Å²) in [5.74, 6) is 1.71. The molecule has 0 bridgehead atoms. The van der Waals surface area contributed by atoms with Crippen molar-refractivity contribution < 1.29 is 14.1 Å². The predicted octanol–water partition coefficient (Wildman–Crippen LogP) is 4.41. The minimum Gasteiger partial charge on any atom is -0.493 e. The summed E-state index contributed by atoms with van der Waals surface area (Å²) in [5.41, 5.74) is 2.72. The summed E-state index contributed by atoms with van der Waals surface area (Å²) in [6, 6.07) is 15.3. The van der Waals surface area contributed by atoms with Gasteiger partial charge < -0.3 is 14.6 Å². The zero-order chi connectivity index (χ0) is 19.1. The number of aryl methyl sites for hydroxylation is 2. The molecule has 6 nitrogen and oxygen atoms in total. The molecule has 1 amide bonds. The summed E-state index contributed by atoms with van der Waals surface area (Å²) in [6.45, 7) is 4.49. The Kier molecular flexibility index (Phi) is 6.20. The molecule has 0 atom stereocenters. The van der Waals surface area contributed by atoms with Gasteiger partial charge in [-0.05, 0) is 50.1 Å². The van der Waals surface area contributed by atoms with Crippen LogP contribution in [0.4, 0.5) is 5.69 Å². The second kappa shape index (κ2) is 8.98. The molecule has 27 heavy (non-hydrogen) atoms. The Morgan fingerprint density at radius 1 is 1.19 bits per heavy atom. The average Bonchev–Trinajstić information content (AvgIpc) is 3.11. The Hall–Kier alpha value is -3.15. The molecule has 2 aromatic carbocycles. The van der Waals surface area contributed by atoms with Gasteiger partial charge in [-0.1, -0.05) is 29.4 Å². The van der Waals surface area contributed by atoms with Crippen LogP contribution in [-0.2, 0) is 11.2 Å². The molecule has 140 valence electrons. The smallest absolute Gasteiger partial charge is 0.226 e. The first-order valence-electron chi connectivity index (χ1n) is 9.07. The van der Waals surface area contributed by atoms with Crippen LogP contribution >= 0.6 is 0 Å². The number of ether oxygens (including phenoxy) is 1. The number of anilines is 1. The van der Waals surface area contributed by atoms with Crippen LogP contribution in [0.15, 0.2) is 53.1 Å². The van der Waals surface area contributed by atoms with Crippen molar-refractivity contribution in [2.45, 2.75) is 33.1 Å². The number of rotatable bonds is 8. The molecule has 0 radical (unpaired) electrons. The molecule has 0 aliphatic rings. The fraction of sp³-hybridized carbons (Fsp3) is 0.286. The number of hydrogen-bond donors (Lipinski definition) is 1. The normalized spacial score (nSPS) is 10.6. The van der Waals surface area contributed by atoms with Crippen LogP contribution in [0.5, 0.6) is 5.75 Å². The van der Waals surface area contributed by atoms with Crippen molar-refractivity contribution in [1.29, 1.82) is 0 Å². The number of aromatic nitrogens is 2. The fourth-order valence-corrected chi connectivity index (χ4v) is 2.75. The average molecular weight is 365 g/mol. The zero-order valence-corrected chi connectivity index (χ0v) is 15.6. The second-order valence-electron chi connectivity index (χ2n) is 6.21. The minimum absolute atomic E-state index is 0.0259. The Balaban J connectivity index is 1.53. The van der Waals surface area contributed by atoms with E-state index in [0.29, 0.717) is 37.6 Å². The van der Waals surface area contributed by atoms with Crippen molar-refractivity contribution in [3.05, 3.63) is 60.0 Å². The molecule has 0 spiro atoms. The van der Waals surface area contributed by atoms with E-state index in [2.05, 4.69) is 15.5 Å². The maximum Gasteiger partial charge on any atom is 0.226 e. The van der Waals surface area contributed by atoms with E-state index < -0.39 is 0 Å². The van der Waals surface area contributed by atoms with Crippen molar-refractivity contribution in [1.82, 2.24) is 10.1 Å². The van der Waals surface area contributed by atoms with Crippen LogP contribution in [0.25, 0.3) is 11.4 Å². The summed E-state index contributed by atoms with van der Waals surface area (Å²) >= 11 is 0. The zero-order valence-electron chi connectivity index (χ0n) is 15.6. The molecule has 1 heterocycles. The Morgan fingerprint density at radius 2 is 2.04 bits per heavy atom. The van der Waals surface area contributed by atoms with E-state index in [1.165, 1.54) is 0 Å². The summed E-state index contributed by atoms with van der Waals surface area (Å²) in [7, 11) is 0. The van der Waals surface area contributed by atoms with Gasteiger partial charge in [0.05, 0.1) is 12.2 Å². The topological polar surface area (TPSA) is 77.2 Å². The minimum atomic E-state index is -0.0259. The highest BCUT2D eigenvalue weighted by molar-refractivity contribution is 5.90. The third kappa shape index (κ3) is 5.17. The lowest BCUT2D eigenvalue weighted by Crippen LogP contribution is -2.11. The number of carbonyl (C=O) groups excluding carboxylic acids is 1. The highest BCUT2D eigenvalue weighted by Crippen LogP contribution is 2.27. The number of nitrogens with one attached hydrogen (secondary N) is 1. The van der Waals surface area contributed by atoms with Crippen LogP contribution in [0.3, 0.4) is 0 Å². The van der Waals surface area contributed by atoms with Crippen LogP contribution in [0.1, 0.15) is 31.2 Å². The van der Waals surface area contributed by atoms with Crippen molar-refractivity contribution >= 4 is 11.6 Å². The van der Waals surface area contributed by atoms with Gasteiger partial charge in [0, 0.05) is 18.5 Å². The van der Waals surface area contributed by atoms with Gasteiger partial charge >= 0.3 is 0 Å². The van der Waals surface area contributed by atoms with E-state index in [1.807, 2.05) is 62.4 Å². The third-order valence-corrected chi connectivity index (χ3v) is 3.99. The lowest BCUT2D eigenvalue weighted by Gasteiger charge is -2.06. The molecule has 0 saturated carbocycles. The van der Waals surface area contributed by atoms with Gasteiger partial charge in [-0.3, -0.25) is 4.79 Å². The molecule has 1 N–H and O–H groups in total. The number of carbonyl (C=O) groups is 1. The number of para-hydroxylation sites is 1. The number of hydrogen-bond acceptors (Lipinski definition) is 5. The molecule has 3 rings (SSSR count). The van der Waals surface area contributed by atoms with Crippen molar-refractivity contribution in [3.63, 3.8) is 0 Å². The van der Waals surface area contributed by atoms with Crippen LogP contribution in [0, 0.1) is 6.92 Å². The largest absolute Gasteiger partial charge is 0.493 e. The van der Waals surface area contributed by atoms with E-state index in [0.717, 1.165) is 22.6 Å². The highest BCUT2D eigenvalue weighted by Gasteiger charge is 2.13. The van der Waals surface area contributed by atoms with Crippen LogP contribution < -0.4 is 10.1 Å². The predicted molar refractivity (Wildman–Crippen MR) is 104 cm³/mol. The van der Waals surface area contributed by atoms with E-state index in [9.17, 15) is 4.79 Å². The first kappa shape index (κ1) is 18.6. The van der Waals surface area contributed by atoms with Crippen molar-refractivity contribution in [2.24, 2.45) is 0 Å². The second-order valence-corrected chi connectivity index (χ2v) is 6.21. The van der Waals surface area contributed by atoms with E-state index in [1.54, 1.807) is 0 Å². The summed E-state index contributed by atoms with van der Waals surface area (Å²) < 4.78 is 10.9. The number of nitrogens with zero attached hydrogens (tertiary/aromatic N) is 2. The molecule has 0 aliphatic carbocycles. The number of benzene rings is 2. The highest BCUT2D eigenvalue weighted by atomic mass is 16.5. The monoisotopic (exact) mass is 365 g/mol. The van der Waals surface area contributed by atoms with Gasteiger partial charge in [0.2, 0.25) is 17.6 Å². The van der Waals surface area contributed by atoms with Gasteiger partial charge in [0.15, 0.2) is 0 Å². The first-order valence-corrected chi connectivity index (χ1v) is 9.07. The standard InChI is InChI=1S/C21H23N3O3/c1-3-26-18-11-5-4-10-17(18)21-23-20(27-24-21)13-7-12-19(25)22-16-9-6-8-15(2)14-16/h4-6,8-11,14H,3,7,12-13H2,1-2H3,(H,22,25). The summed E-state index contributed by atoms with van der Waals surface area (Å²) in [4.78, 5) is 16.5. The van der Waals surface area contributed by atoms with Crippen molar-refractivity contribution in [3.8, 4) is 17.1 Å². The SMILES string of the molecule is CCOc1ccccc1-c1noc(CCCC(=O)Nc2cccc(C)c2)n1. The molecule has 0 aliphatic heterocycles. The quantitative estimate of drug-likeness (QED) is 0.640. The van der Waals surface area contributed by atoms with Gasteiger partial charge in [-0.25, -0.2) is 0 Å². The molecule has 0 unspecified atom stereocenters. The molecule has 0 fully saturated rings. The molecular formula is C21H23N3O3. The first-order chi connectivity index (χ1) is 13.2. The van der Waals surface area contributed by atoms with Gasteiger partial charge in [0.25, 0.3) is 0 Å². The summed E-state index contributed by atoms with van der Waals surface area (Å²) in [5, 5.41) is 6.94. The fourth-order valence-electron chi connectivity index (χ4n) is 2.75.